The van der Waals surface area contributed by atoms with Gasteiger partial charge in [0.1, 0.15) is 0 Å². The average molecular weight is 328 g/mol. The molecule has 0 saturated carbocycles. The maximum Gasteiger partial charge on any atom is 0.258 e. The number of carbonyl (C=O) groups excluding carboxylic acids is 1. The number of nitrogens with one attached hydrogen (secondary N) is 1. The van der Waals surface area contributed by atoms with Crippen LogP contribution in [0.4, 0.5) is 11.5 Å². The van der Waals surface area contributed by atoms with E-state index in [1.807, 2.05) is 0 Å². The van der Waals surface area contributed by atoms with Crippen molar-refractivity contribution in [2.45, 2.75) is 0 Å². The summed E-state index contributed by atoms with van der Waals surface area (Å²) in [5.74, 6) is -0.0470. The minimum Gasteiger partial charge on any atom is -0.398 e. The fraction of sp³-hybridized carbons (Fsp3) is 0. The monoisotopic (exact) mass is 326 g/mol. The van der Waals surface area contributed by atoms with E-state index >= 15 is 0 Å². The number of halogens is 2. The second-order valence-corrected chi connectivity index (χ2v) is 4.73. The first kappa shape index (κ1) is 12.8. The molecule has 5 nitrogen and oxygen atoms in total. The molecule has 0 aliphatic heterocycles. The first-order valence-corrected chi connectivity index (χ1v) is 6.09. The van der Waals surface area contributed by atoms with Crippen LogP contribution in [0.2, 0.25) is 5.15 Å². The molecule has 1 amide bonds. The maximum atomic E-state index is 12.0. The van der Waals surface area contributed by atoms with Gasteiger partial charge in [0.05, 0.1) is 5.56 Å². The molecule has 0 bridgehead atoms. The van der Waals surface area contributed by atoms with E-state index in [4.69, 9.17) is 17.3 Å². The van der Waals surface area contributed by atoms with Crippen molar-refractivity contribution in [2.24, 2.45) is 0 Å². The summed E-state index contributed by atoms with van der Waals surface area (Å²) in [6.45, 7) is 0. The Kier molecular flexibility index (Phi) is 3.78. The van der Waals surface area contributed by atoms with Gasteiger partial charge in [-0.15, -0.1) is 10.2 Å². The van der Waals surface area contributed by atoms with Crippen molar-refractivity contribution >= 4 is 44.9 Å². The van der Waals surface area contributed by atoms with E-state index in [2.05, 4.69) is 31.4 Å². The molecule has 2 aromatic rings. The highest BCUT2D eigenvalue weighted by atomic mass is 79.9. The van der Waals surface area contributed by atoms with E-state index in [0.29, 0.717) is 17.1 Å². The molecule has 92 valence electrons. The van der Waals surface area contributed by atoms with Gasteiger partial charge in [-0.25, -0.2) is 0 Å². The van der Waals surface area contributed by atoms with Crippen LogP contribution in [0.5, 0.6) is 0 Å². The molecule has 0 saturated heterocycles. The second-order valence-electron chi connectivity index (χ2n) is 3.43. The minimum atomic E-state index is -0.356. The van der Waals surface area contributed by atoms with Gasteiger partial charge in [0.25, 0.3) is 5.91 Å². The van der Waals surface area contributed by atoms with Crippen molar-refractivity contribution < 1.29 is 4.79 Å². The van der Waals surface area contributed by atoms with Gasteiger partial charge in [0.15, 0.2) is 11.0 Å². The standard InChI is InChI=1S/C11H8BrClN4O/c12-6-1-2-8(14)7(5-6)11(18)15-10-4-3-9(13)16-17-10/h1-5H,14H2,(H,15,17,18). The first-order chi connectivity index (χ1) is 8.56. The predicted octanol–water partition coefficient (Wildman–Crippen LogP) is 2.73. The van der Waals surface area contributed by atoms with Gasteiger partial charge >= 0.3 is 0 Å². The lowest BCUT2D eigenvalue weighted by atomic mass is 10.1. The predicted molar refractivity (Wildman–Crippen MR) is 73.5 cm³/mol. The number of amides is 1. The quantitative estimate of drug-likeness (QED) is 0.831. The fourth-order valence-corrected chi connectivity index (χ4v) is 1.75. The number of nitrogens with zero attached hydrogens (tertiary/aromatic N) is 2. The summed E-state index contributed by atoms with van der Waals surface area (Å²) >= 11 is 8.88. The molecular weight excluding hydrogens is 320 g/mol. The molecule has 1 heterocycles. The number of nitrogen functional groups attached to an aromatic ring is 1. The van der Waals surface area contributed by atoms with E-state index in [-0.39, 0.29) is 11.1 Å². The van der Waals surface area contributed by atoms with Crippen LogP contribution >= 0.6 is 27.5 Å². The fourth-order valence-electron chi connectivity index (χ4n) is 1.29. The molecule has 0 aliphatic rings. The van der Waals surface area contributed by atoms with Crippen LogP contribution in [-0.4, -0.2) is 16.1 Å². The Balaban J connectivity index is 2.21. The number of hydrogen-bond donors (Lipinski definition) is 2. The lowest BCUT2D eigenvalue weighted by molar-refractivity contribution is 0.102. The number of rotatable bonds is 2. The van der Waals surface area contributed by atoms with E-state index in [9.17, 15) is 4.79 Å². The van der Waals surface area contributed by atoms with Crippen molar-refractivity contribution in [3.05, 3.63) is 45.5 Å². The van der Waals surface area contributed by atoms with Crippen molar-refractivity contribution in [3.8, 4) is 0 Å². The number of benzene rings is 1. The van der Waals surface area contributed by atoms with E-state index in [1.165, 1.54) is 6.07 Å². The van der Waals surface area contributed by atoms with Crippen LogP contribution < -0.4 is 11.1 Å². The highest BCUT2D eigenvalue weighted by Gasteiger charge is 2.11. The lowest BCUT2D eigenvalue weighted by Gasteiger charge is -2.06. The van der Waals surface area contributed by atoms with Gasteiger partial charge in [-0.1, -0.05) is 27.5 Å². The molecule has 3 N–H and O–H groups in total. The van der Waals surface area contributed by atoms with Crippen LogP contribution in [0.3, 0.4) is 0 Å². The maximum absolute atomic E-state index is 12.0. The molecule has 0 fully saturated rings. The topological polar surface area (TPSA) is 80.9 Å². The summed E-state index contributed by atoms with van der Waals surface area (Å²) in [5.41, 5.74) is 6.48. The summed E-state index contributed by atoms with van der Waals surface area (Å²) in [5, 5.41) is 10.2. The Morgan fingerprint density at radius 3 is 2.72 bits per heavy atom. The van der Waals surface area contributed by atoms with Crippen LogP contribution in [0.15, 0.2) is 34.8 Å². The third-order valence-electron chi connectivity index (χ3n) is 2.13. The number of carbonyl (C=O) groups is 1. The largest absolute Gasteiger partial charge is 0.398 e. The summed E-state index contributed by atoms with van der Waals surface area (Å²) in [6.07, 6.45) is 0. The van der Waals surface area contributed by atoms with Crippen LogP contribution in [0.25, 0.3) is 0 Å². The third-order valence-corrected chi connectivity index (χ3v) is 2.83. The highest BCUT2D eigenvalue weighted by molar-refractivity contribution is 9.10. The molecule has 7 heteroatoms. The summed E-state index contributed by atoms with van der Waals surface area (Å²) < 4.78 is 0.768. The number of hydrogen-bond acceptors (Lipinski definition) is 4. The number of aromatic nitrogens is 2. The zero-order valence-electron chi connectivity index (χ0n) is 9.02. The molecule has 1 aromatic carbocycles. The zero-order valence-corrected chi connectivity index (χ0v) is 11.4. The van der Waals surface area contributed by atoms with E-state index < -0.39 is 0 Å². The lowest BCUT2D eigenvalue weighted by Crippen LogP contribution is -2.15. The van der Waals surface area contributed by atoms with Gasteiger partial charge in [-0.3, -0.25) is 4.79 Å². The van der Waals surface area contributed by atoms with Crippen LogP contribution in [-0.2, 0) is 0 Å². The Labute approximate surface area is 116 Å². The Morgan fingerprint density at radius 2 is 2.06 bits per heavy atom. The highest BCUT2D eigenvalue weighted by Crippen LogP contribution is 2.19. The van der Waals surface area contributed by atoms with Crippen molar-refractivity contribution in [1.29, 1.82) is 0 Å². The van der Waals surface area contributed by atoms with E-state index in [0.717, 1.165) is 4.47 Å². The zero-order chi connectivity index (χ0) is 13.1. The molecule has 18 heavy (non-hydrogen) atoms. The first-order valence-electron chi connectivity index (χ1n) is 4.92. The Hall–Kier alpha value is -1.66. The molecule has 0 spiro atoms. The minimum absolute atomic E-state index is 0.259. The third kappa shape index (κ3) is 2.96. The summed E-state index contributed by atoms with van der Waals surface area (Å²) in [4.78, 5) is 12.0. The number of nitrogens with two attached hydrogens (primary N) is 1. The van der Waals surface area contributed by atoms with Gasteiger partial charge in [0.2, 0.25) is 0 Å². The van der Waals surface area contributed by atoms with Crippen LogP contribution in [0, 0.1) is 0 Å². The van der Waals surface area contributed by atoms with Crippen molar-refractivity contribution in [3.63, 3.8) is 0 Å². The molecule has 0 atom stereocenters. The molecule has 0 unspecified atom stereocenters. The Bertz CT molecular complexity index is 588. The number of anilines is 2. The SMILES string of the molecule is Nc1ccc(Br)cc1C(=O)Nc1ccc(Cl)nn1. The van der Waals surface area contributed by atoms with Crippen molar-refractivity contribution in [2.75, 3.05) is 11.1 Å². The normalized spacial score (nSPS) is 10.1. The van der Waals surface area contributed by atoms with Crippen LogP contribution in [0.1, 0.15) is 10.4 Å². The second kappa shape index (κ2) is 5.32. The van der Waals surface area contributed by atoms with Gasteiger partial charge in [-0.2, -0.15) is 0 Å². The average Bonchev–Trinajstić information content (AvgIpc) is 2.35. The molecule has 1 aromatic heterocycles. The van der Waals surface area contributed by atoms with E-state index in [1.54, 1.807) is 24.3 Å². The van der Waals surface area contributed by atoms with Gasteiger partial charge < -0.3 is 11.1 Å². The van der Waals surface area contributed by atoms with Gasteiger partial charge in [-0.05, 0) is 30.3 Å². The molecule has 2 rings (SSSR count). The molecule has 0 aliphatic carbocycles. The smallest absolute Gasteiger partial charge is 0.258 e. The van der Waals surface area contributed by atoms with Crippen molar-refractivity contribution in [1.82, 2.24) is 10.2 Å². The summed E-state index contributed by atoms with van der Waals surface area (Å²) in [6, 6.07) is 8.13. The Morgan fingerprint density at radius 1 is 1.28 bits per heavy atom. The summed E-state index contributed by atoms with van der Waals surface area (Å²) in [7, 11) is 0. The molecule has 0 radical (unpaired) electrons. The molecular formula is C11H8BrClN4O. The van der Waals surface area contributed by atoms with Gasteiger partial charge in [0, 0.05) is 10.2 Å².